The second kappa shape index (κ2) is 9.46. The zero-order chi connectivity index (χ0) is 25.2. The standard InChI is InChI=1S/C23H28N6O5/c1-12(2)16(17(31)20-27-28-22(34-20)23(3,4)5)25-14(30)11-29-18(13-9-7-6-8-10-13)26-19(32)15(24)21(29)33/h6-10,12,16,32H,11,24H2,1-5H3,(H,25,30). The number of anilines is 1. The Hall–Kier alpha value is -4.02. The summed E-state index contributed by atoms with van der Waals surface area (Å²) in [5.74, 6) is -1.95. The van der Waals surface area contributed by atoms with Crippen LogP contribution < -0.4 is 16.6 Å². The molecule has 1 amide bonds. The Labute approximate surface area is 196 Å². The lowest BCUT2D eigenvalue weighted by Crippen LogP contribution is -2.46. The maximum Gasteiger partial charge on any atom is 0.286 e. The van der Waals surface area contributed by atoms with Crippen LogP contribution in [-0.2, 0) is 16.8 Å². The molecule has 0 spiro atoms. The lowest BCUT2D eigenvalue weighted by Gasteiger charge is -2.21. The van der Waals surface area contributed by atoms with Crippen molar-refractivity contribution >= 4 is 17.4 Å². The highest BCUT2D eigenvalue weighted by atomic mass is 16.4. The van der Waals surface area contributed by atoms with Gasteiger partial charge >= 0.3 is 0 Å². The lowest BCUT2D eigenvalue weighted by atomic mass is 9.97. The molecule has 3 aromatic rings. The molecule has 2 heterocycles. The zero-order valence-corrected chi connectivity index (χ0v) is 19.7. The Morgan fingerprint density at radius 2 is 1.82 bits per heavy atom. The molecule has 3 rings (SSSR count). The second-order valence-electron chi connectivity index (χ2n) is 9.25. The summed E-state index contributed by atoms with van der Waals surface area (Å²) in [4.78, 5) is 42.7. The van der Waals surface area contributed by atoms with Crippen LogP contribution in [0, 0.1) is 5.92 Å². The summed E-state index contributed by atoms with van der Waals surface area (Å²) >= 11 is 0. The third-order valence-corrected chi connectivity index (χ3v) is 5.06. The average Bonchev–Trinajstić information content (AvgIpc) is 3.29. The topological polar surface area (TPSA) is 166 Å². The number of hydrogen-bond acceptors (Lipinski definition) is 9. The normalized spacial score (nSPS) is 12.5. The molecule has 0 saturated heterocycles. The van der Waals surface area contributed by atoms with E-state index in [1.54, 1.807) is 44.2 Å². The van der Waals surface area contributed by atoms with E-state index < -0.39 is 46.8 Å². The SMILES string of the molecule is CC(C)C(NC(=O)Cn1c(-c2ccccc2)nc(O)c(N)c1=O)C(=O)c1nnc(C(C)(C)C)o1. The molecular formula is C23H28N6O5. The molecule has 2 aromatic heterocycles. The van der Waals surface area contributed by atoms with Crippen LogP contribution in [0.1, 0.15) is 51.2 Å². The van der Waals surface area contributed by atoms with Gasteiger partial charge in [0.1, 0.15) is 12.4 Å². The summed E-state index contributed by atoms with van der Waals surface area (Å²) in [6, 6.07) is 7.60. The number of nitrogens with zero attached hydrogens (tertiary/aromatic N) is 4. The Bertz CT molecular complexity index is 1260. The van der Waals surface area contributed by atoms with Gasteiger partial charge in [0.15, 0.2) is 5.69 Å². The Morgan fingerprint density at radius 1 is 1.18 bits per heavy atom. The van der Waals surface area contributed by atoms with Gasteiger partial charge in [0.05, 0.1) is 6.04 Å². The molecule has 11 heteroatoms. The van der Waals surface area contributed by atoms with Gasteiger partial charge in [-0.2, -0.15) is 4.98 Å². The number of rotatable bonds is 7. The largest absolute Gasteiger partial charge is 0.492 e. The fraction of sp³-hybridized carbons (Fsp3) is 0.391. The van der Waals surface area contributed by atoms with Crippen molar-refractivity contribution in [3.05, 3.63) is 52.5 Å². The fourth-order valence-corrected chi connectivity index (χ4v) is 3.17. The molecule has 0 aliphatic rings. The first-order valence-corrected chi connectivity index (χ1v) is 10.7. The molecule has 0 saturated carbocycles. The van der Waals surface area contributed by atoms with E-state index in [1.165, 1.54) is 0 Å². The number of benzene rings is 1. The minimum Gasteiger partial charge on any atom is -0.492 e. The molecule has 34 heavy (non-hydrogen) atoms. The van der Waals surface area contributed by atoms with Crippen LogP contribution in [0.15, 0.2) is 39.5 Å². The van der Waals surface area contributed by atoms with Crippen LogP contribution in [0.5, 0.6) is 5.88 Å². The van der Waals surface area contributed by atoms with E-state index >= 15 is 0 Å². The average molecular weight is 469 g/mol. The highest BCUT2D eigenvalue weighted by molar-refractivity contribution is 5.98. The number of Topliss-reactive ketones (excluding diaryl/α,β-unsaturated/α-hetero) is 1. The van der Waals surface area contributed by atoms with Gasteiger partial charge in [-0.15, -0.1) is 10.2 Å². The molecule has 0 bridgehead atoms. The summed E-state index contributed by atoms with van der Waals surface area (Å²) in [6.07, 6.45) is 0. The van der Waals surface area contributed by atoms with Gasteiger partial charge < -0.3 is 20.6 Å². The first kappa shape index (κ1) is 24.6. The Balaban J connectivity index is 1.89. The van der Waals surface area contributed by atoms with E-state index in [0.717, 1.165) is 4.57 Å². The van der Waals surface area contributed by atoms with Crippen LogP contribution in [0.3, 0.4) is 0 Å². The first-order valence-electron chi connectivity index (χ1n) is 10.7. The molecule has 0 fully saturated rings. The summed E-state index contributed by atoms with van der Waals surface area (Å²) in [5.41, 5.74) is 4.46. The third kappa shape index (κ3) is 5.13. The van der Waals surface area contributed by atoms with E-state index in [2.05, 4.69) is 20.5 Å². The fourth-order valence-electron chi connectivity index (χ4n) is 3.17. The number of aromatic nitrogens is 4. The van der Waals surface area contributed by atoms with Crippen molar-refractivity contribution in [2.75, 3.05) is 5.73 Å². The van der Waals surface area contributed by atoms with Gasteiger partial charge in [-0.1, -0.05) is 65.0 Å². The summed E-state index contributed by atoms with van der Waals surface area (Å²) < 4.78 is 6.58. The number of nitrogens with one attached hydrogen (secondary N) is 1. The first-order chi connectivity index (χ1) is 15.9. The second-order valence-corrected chi connectivity index (χ2v) is 9.25. The number of aromatic hydroxyl groups is 1. The number of nitrogen functional groups attached to an aromatic ring is 1. The van der Waals surface area contributed by atoms with Gasteiger partial charge in [0.25, 0.3) is 11.4 Å². The van der Waals surface area contributed by atoms with E-state index in [0.29, 0.717) is 11.5 Å². The lowest BCUT2D eigenvalue weighted by molar-refractivity contribution is -0.122. The van der Waals surface area contributed by atoms with Crippen LogP contribution in [0.2, 0.25) is 0 Å². The molecule has 1 unspecified atom stereocenters. The molecule has 0 aliphatic heterocycles. The Morgan fingerprint density at radius 3 is 2.38 bits per heavy atom. The summed E-state index contributed by atoms with van der Waals surface area (Å²) in [7, 11) is 0. The number of carbonyl (C=O) groups excluding carboxylic acids is 2. The number of ketones is 1. The number of nitrogens with two attached hydrogens (primary N) is 1. The van der Waals surface area contributed by atoms with Gasteiger partial charge in [0, 0.05) is 11.0 Å². The highest BCUT2D eigenvalue weighted by Crippen LogP contribution is 2.22. The van der Waals surface area contributed by atoms with E-state index in [-0.39, 0.29) is 17.6 Å². The number of amides is 1. The molecule has 11 nitrogen and oxygen atoms in total. The summed E-state index contributed by atoms with van der Waals surface area (Å²) in [6.45, 7) is 8.65. The summed E-state index contributed by atoms with van der Waals surface area (Å²) in [5, 5.41) is 20.4. The molecular weight excluding hydrogens is 440 g/mol. The van der Waals surface area contributed by atoms with Crippen molar-refractivity contribution in [2.24, 2.45) is 5.92 Å². The minimum absolute atomic E-state index is 0.0617. The quantitative estimate of drug-likeness (QED) is 0.439. The van der Waals surface area contributed by atoms with Crippen LogP contribution >= 0.6 is 0 Å². The zero-order valence-electron chi connectivity index (χ0n) is 19.7. The molecule has 4 N–H and O–H groups in total. The van der Waals surface area contributed by atoms with Gasteiger partial charge in [-0.25, -0.2) is 0 Å². The van der Waals surface area contributed by atoms with Crippen LogP contribution in [0.25, 0.3) is 11.4 Å². The highest BCUT2D eigenvalue weighted by Gasteiger charge is 2.32. The number of hydrogen-bond donors (Lipinski definition) is 3. The van der Waals surface area contributed by atoms with E-state index in [1.807, 2.05) is 20.8 Å². The molecule has 1 atom stereocenters. The van der Waals surface area contributed by atoms with Crippen molar-refractivity contribution in [3.63, 3.8) is 0 Å². The van der Waals surface area contributed by atoms with E-state index in [9.17, 15) is 19.5 Å². The van der Waals surface area contributed by atoms with Gasteiger partial charge in [-0.3, -0.25) is 19.0 Å². The molecule has 0 radical (unpaired) electrons. The monoisotopic (exact) mass is 468 g/mol. The van der Waals surface area contributed by atoms with Crippen molar-refractivity contribution in [1.82, 2.24) is 25.1 Å². The van der Waals surface area contributed by atoms with Crippen molar-refractivity contribution in [3.8, 4) is 17.3 Å². The molecule has 180 valence electrons. The molecule has 1 aromatic carbocycles. The smallest absolute Gasteiger partial charge is 0.286 e. The minimum atomic E-state index is -0.973. The van der Waals surface area contributed by atoms with Crippen molar-refractivity contribution in [2.45, 2.75) is 52.6 Å². The Kier molecular flexibility index (Phi) is 6.85. The third-order valence-electron chi connectivity index (χ3n) is 5.06. The maximum absolute atomic E-state index is 13.0. The van der Waals surface area contributed by atoms with Crippen LogP contribution in [0.4, 0.5) is 5.69 Å². The van der Waals surface area contributed by atoms with Crippen molar-refractivity contribution < 1.29 is 19.1 Å². The van der Waals surface area contributed by atoms with Gasteiger partial charge in [0.2, 0.25) is 23.5 Å². The van der Waals surface area contributed by atoms with E-state index in [4.69, 9.17) is 10.2 Å². The predicted octanol–water partition coefficient (Wildman–Crippen LogP) is 1.90. The van der Waals surface area contributed by atoms with Crippen molar-refractivity contribution in [1.29, 1.82) is 0 Å². The predicted molar refractivity (Wildman–Crippen MR) is 124 cm³/mol. The number of carbonyl (C=O) groups is 2. The van der Waals surface area contributed by atoms with Gasteiger partial charge in [-0.05, 0) is 5.92 Å². The maximum atomic E-state index is 13.0. The van der Waals surface area contributed by atoms with Crippen LogP contribution in [-0.4, -0.2) is 42.6 Å². The molecule has 0 aliphatic carbocycles.